The highest BCUT2D eigenvalue weighted by atomic mass is 35.5. The van der Waals surface area contributed by atoms with E-state index in [2.05, 4.69) is 10.4 Å². The van der Waals surface area contributed by atoms with Crippen LogP contribution < -0.4 is 5.32 Å². The number of benzene rings is 2. The number of nitrogens with one attached hydrogen (secondary N) is 1. The lowest BCUT2D eigenvalue weighted by atomic mass is 10.1. The summed E-state index contributed by atoms with van der Waals surface area (Å²) in [6, 6.07) is 14.9. The summed E-state index contributed by atoms with van der Waals surface area (Å²) in [5.41, 5.74) is 2.36. The van der Waals surface area contributed by atoms with Crippen molar-refractivity contribution in [1.82, 2.24) is 15.1 Å². The summed E-state index contributed by atoms with van der Waals surface area (Å²) in [6.07, 6.45) is 3.91. The Labute approximate surface area is 150 Å². The highest BCUT2D eigenvalue weighted by Crippen LogP contribution is 2.15. The number of carbonyl (C=O) groups excluding carboxylic acids is 1. The fourth-order valence-corrected chi connectivity index (χ4v) is 2.65. The van der Waals surface area contributed by atoms with Crippen molar-refractivity contribution in [2.45, 2.75) is 6.42 Å². The van der Waals surface area contributed by atoms with E-state index in [0.717, 1.165) is 11.3 Å². The highest BCUT2D eigenvalue weighted by molar-refractivity contribution is 6.31. The minimum Gasteiger partial charge on any atom is -0.352 e. The van der Waals surface area contributed by atoms with E-state index in [1.807, 2.05) is 36.4 Å². The molecule has 0 spiro atoms. The van der Waals surface area contributed by atoms with Crippen molar-refractivity contribution in [2.75, 3.05) is 6.54 Å². The van der Waals surface area contributed by atoms with E-state index in [4.69, 9.17) is 23.2 Å². The summed E-state index contributed by atoms with van der Waals surface area (Å²) in [6.45, 7) is 0.509. The molecule has 0 saturated carbocycles. The number of carbonyl (C=O) groups is 1. The maximum Gasteiger partial charge on any atom is 0.254 e. The number of halogens is 2. The molecule has 122 valence electrons. The van der Waals surface area contributed by atoms with Crippen molar-refractivity contribution < 1.29 is 4.79 Å². The molecule has 1 N–H and O–H groups in total. The average Bonchev–Trinajstić information content (AvgIpc) is 3.07. The van der Waals surface area contributed by atoms with Gasteiger partial charge in [-0.05, 0) is 42.3 Å². The van der Waals surface area contributed by atoms with Gasteiger partial charge in [0.1, 0.15) is 0 Å². The summed E-state index contributed by atoms with van der Waals surface area (Å²) < 4.78 is 1.64. The van der Waals surface area contributed by atoms with Gasteiger partial charge in [-0.25, -0.2) is 4.68 Å². The van der Waals surface area contributed by atoms with Crippen molar-refractivity contribution in [3.8, 4) is 5.69 Å². The fraction of sp³-hybridized carbons (Fsp3) is 0.111. The van der Waals surface area contributed by atoms with Crippen LogP contribution in [0.5, 0.6) is 0 Å². The second kappa shape index (κ2) is 7.51. The molecule has 0 saturated heterocycles. The molecule has 0 aliphatic rings. The molecule has 6 heteroatoms. The first-order valence-corrected chi connectivity index (χ1v) is 8.21. The van der Waals surface area contributed by atoms with Crippen LogP contribution in [0.3, 0.4) is 0 Å². The first-order valence-electron chi connectivity index (χ1n) is 7.46. The van der Waals surface area contributed by atoms with E-state index in [0.29, 0.717) is 28.6 Å². The topological polar surface area (TPSA) is 46.9 Å². The third-order valence-electron chi connectivity index (χ3n) is 3.57. The molecule has 1 heterocycles. The molecule has 24 heavy (non-hydrogen) atoms. The molecule has 0 atom stereocenters. The van der Waals surface area contributed by atoms with E-state index >= 15 is 0 Å². The van der Waals surface area contributed by atoms with E-state index in [-0.39, 0.29) is 5.91 Å². The van der Waals surface area contributed by atoms with Crippen LogP contribution in [-0.4, -0.2) is 22.2 Å². The van der Waals surface area contributed by atoms with Gasteiger partial charge in [0.05, 0.1) is 17.4 Å². The van der Waals surface area contributed by atoms with Gasteiger partial charge in [0.2, 0.25) is 0 Å². The minimum atomic E-state index is -0.165. The zero-order valence-corrected chi connectivity index (χ0v) is 14.3. The van der Waals surface area contributed by atoms with Crippen LogP contribution in [0.2, 0.25) is 10.0 Å². The Morgan fingerprint density at radius 1 is 1.08 bits per heavy atom. The molecule has 4 nitrogen and oxygen atoms in total. The maximum atomic E-state index is 12.2. The SMILES string of the molecule is O=C(NCCc1ccccc1Cl)c1cnn(-c2ccc(Cl)cc2)c1. The Morgan fingerprint density at radius 3 is 2.58 bits per heavy atom. The number of aromatic nitrogens is 2. The molecule has 0 radical (unpaired) electrons. The van der Waals surface area contributed by atoms with Crippen LogP contribution in [0.15, 0.2) is 60.9 Å². The number of nitrogens with zero attached hydrogens (tertiary/aromatic N) is 2. The molecule has 0 fully saturated rings. The molecule has 0 bridgehead atoms. The van der Waals surface area contributed by atoms with Crippen LogP contribution in [0.1, 0.15) is 15.9 Å². The average molecular weight is 360 g/mol. The van der Waals surface area contributed by atoms with Gasteiger partial charge in [0.15, 0.2) is 0 Å². The number of rotatable bonds is 5. The number of hydrogen-bond acceptors (Lipinski definition) is 2. The van der Waals surface area contributed by atoms with Crippen molar-refractivity contribution >= 4 is 29.1 Å². The normalized spacial score (nSPS) is 10.6. The predicted molar refractivity (Wildman–Crippen MR) is 96.1 cm³/mol. The minimum absolute atomic E-state index is 0.165. The van der Waals surface area contributed by atoms with Crippen molar-refractivity contribution in [2.24, 2.45) is 0 Å². The van der Waals surface area contributed by atoms with Crippen LogP contribution >= 0.6 is 23.2 Å². The van der Waals surface area contributed by atoms with Gasteiger partial charge in [-0.15, -0.1) is 0 Å². The first kappa shape index (κ1) is 16.6. The van der Waals surface area contributed by atoms with Crippen molar-refractivity contribution in [3.05, 3.63) is 82.1 Å². The van der Waals surface area contributed by atoms with Gasteiger partial charge in [-0.2, -0.15) is 5.10 Å². The molecule has 0 unspecified atom stereocenters. The molecule has 2 aromatic carbocycles. The van der Waals surface area contributed by atoms with E-state index in [1.54, 1.807) is 29.2 Å². The molecular weight excluding hydrogens is 345 g/mol. The summed E-state index contributed by atoms with van der Waals surface area (Å²) in [7, 11) is 0. The van der Waals surface area contributed by atoms with Gasteiger partial charge in [-0.3, -0.25) is 4.79 Å². The smallest absolute Gasteiger partial charge is 0.254 e. The molecule has 3 aromatic rings. The zero-order chi connectivity index (χ0) is 16.9. The Morgan fingerprint density at radius 2 is 1.83 bits per heavy atom. The monoisotopic (exact) mass is 359 g/mol. The standard InChI is InChI=1S/C18H15Cl2N3O/c19-15-5-7-16(8-6-15)23-12-14(11-22-23)18(24)21-10-9-13-3-1-2-4-17(13)20/h1-8,11-12H,9-10H2,(H,21,24). The van der Waals surface area contributed by atoms with Gasteiger partial charge < -0.3 is 5.32 Å². The molecule has 1 aromatic heterocycles. The van der Waals surface area contributed by atoms with Crippen LogP contribution in [0.4, 0.5) is 0 Å². The molecule has 1 amide bonds. The first-order chi connectivity index (χ1) is 11.6. The lowest BCUT2D eigenvalue weighted by Gasteiger charge is -2.05. The van der Waals surface area contributed by atoms with Crippen molar-refractivity contribution in [1.29, 1.82) is 0 Å². The van der Waals surface area contributed by atoms with Crippen molar-refractivity contribution in [3.63, 3.8) is 0 Å². The Balaban J connectivity index is 1.60. The van der Waals surface area contributed by atoms with Gasteiger partial charge in [0.25, 0.3) is 5.91 Å². The van der Waals surface area contributed by atoms with Crippen LogP contribution in [0.25, 0.3) is 5.69 Å². The van der Waals surface area contributed by atoms with E-state index < -0.39 is 0 Å². The quantitative estimate of drug-likeness (QED) is 0.743. The van der Waals surface area contributed by atoms with Crippen LogP contribution in [-0.2, 0) is 6.42 Å². The summed E-state index contributed by atoms with van der Waals surface area (Å²) in [5, 5.41) is 8.45. The van der Waals surface area contributed by atoms with Gasteiger partial charge in [0, 0.05) is 22.8 Å². The third-order valence-corrected chi connectivity index (χ3v) is 4.19. The molecular formula is C18H15Cl2N3O. The summed E-state index contributed by atoms with van der Waals surface area (Å²) in [4.78, 5) is 12.2. The largest absolute Gasteiger partial charge is 0.352 e. The van der Waals surface area contributed by atoms with Gasteiger partial charge in [-0.1, -0.05) is 41.4 Å². The predicted octanol–water partition coefficient (Wildman–Crippen LogP) is 4.15. The number of amides is 1. The Kier molecular flexibility index (Phi) is 5.18. The second-order valence-electron chi connectivity index (χ2n) is 5.25. The zero-order valence-electron chi connectivity index (χ0n) is 12.7. The molecule has 0 aliphatic heterocycles. The fourth-order valence-electron chi connectivity index (χ4n) is 2.29. The summed E-state index contributed by atoms with van der Waals surface area (Å²) >= 11 is 12.0. The third kappa shape index (κ3) is 3.96. The second-order valence-corrected chi connectivity index (χ2v) is 6.09. The highest BCUT2D eigenvalue weighted by Gasteiger charge is 2.09. The Bertz CT molecular complexity index is 843. The van der Waals surface area contributed by atoms with Crippen LogP contribution in [0, 0.1) is 0 Å². The lowest BCUT2D eigenvalue weighted by molar-refractivity contribution is 0.0954. The van der Waals surface area contributed by atoms with Gasteiger partial charge >= 0.3 is 0 Å². The summed E-state index contributed by atoms with van der Waals surface area (Å²) in [5.74, 6) is -0.165. The number of hydrogen-bond donors (Lipinski definition) is 1. The molecule has 0 aliphatic carbocycles. The molecule has 3 rings (SSSR count). The maximum absolute atomic E-state index is 12.2. The van der Waals surface area contributed by atoms with E-state index in [1.165, 1.54) is 0 Å². The lowest BCUT2D eigenvalue weighted by Crippen LogP contribution is -2.25. The van der Waals surface area contributed by atoms with E-state index in [9.17, 15) is 4.79 Å². The Hall–Kier alpha value is -2.30.